The van der Waals surface area contributed by atoms with Gasteiger partial charge in [-0.1, -0.05) is 0 Å². The Balaban J connectivity index is 1.60. The Morgan fingerprint density at radius 2 is 2.24 bits per heavy atom. The van der Waals surface area contributed by atoms with E-state index in [1.807, 2.05) is 7.05 Å². The molecule has 2 aliphatic rings. The molecule has 5 nitrogen and oxygen atoms in total. The largest absolute Gasteiger partial charge is 0.356 e. The van der Waals surface area contributed by atoms with Gasteiger partial charge >= 0.3 is 0 Å². The smallest absolute Gasteiger partial charge is 0.222 e. The quantitative estimate of drug-likeness (QED) is 0.884. The van der Waals surface area contributed by atoms with Gasteiger partial charge in [0.15, 0.2) is 0 Å². The number of amides is 1. The van der Waals surface area contributed by atoms with E-state index in [1.54, 1.807) is 4.90 Å². The predicted molar refractivity (Wildman–Crippen MR) is 66.2 cm³/mol. The van der Waals surface area contributed by atoms with Crippen molar-refractivity contribution in [3.8, 4) is 0 Å². The highest BCUT2D eigenvalue weighted by Crippen LogP contribution is 2.39. The molecule has 0 bridgehead atoms. The number of hydrogen-bond donors (Lipinski definition) is 1. The number of likely N-dealkylation sites (tertiary alicyclic amines) is 1. The lowest BCUT2D eigenvalue weighted by molar-refractivity contribution is -0.132. The molecule has 2 fully saturated rings. The first kappa shape index (κ1) is 11.0. The molecule has 1 saturated heterocycles. The summed E-state index contributed by atoms with van der Waals surface area (Å²) in [5.74, 6) is 1.84. The summed E-state index contributed by atoms with van der Waals surface area (Å²) >= 11 is 1.44. The van der Waals surface area contributed by atoms with Crippen LogP contribution in [0.1, 0.15) is 37.4 Å². The third-order valence-electron chi connectivity index (χ3n) is 3.34. The number of piperidine rings is 1. The molecular formula is C11H16N4OS. The van der Waals surface area contributed by atoms with Crippen LogP contribution in [0.25, 0.3) is 0 Å². The molecular weight excluding hydrogens is 236 g/mol. The van der Waals surface area contributed by atoms with Gasteiger partial charge in [0.25, 0.3) is 0 Å². The lowest BCUT2D eigenvalue weighted by Gasteiger charge is -2.29. The summed E-state index contributed by atoms with van der Waals surface area (Å²) in [6.07, 6.45) is 3.98. The summed E-state index contributed by atoms with van der Waals surface area (Å²) in [5.41, 5.74) is 0. The van der Waals surface area contributed by atoms with Gasteiger partial charge in [-0.15, -0.1) is 0 Å². The Hall–Kier alpha value is -1.17. The Kier molecular flexibility index (Phi) is 2.74. The van der Waals surface area contributed by atoms with Gasteiger partial charge in [0, 0.05) is 43.5 Å². The van der Waals surface area contributed by atoms with E-state index < -0.39 is 0 Å². The van der Waals surface area contributed by atoms with Crippen molar-refractivity contribution in [3.63, 3.8) is 0 Å². The van der Waals surface area contributed by atoms with Gasteiger partial charge in [0.1, 0.15) is 5.82 Å². The minimum Gasteiger partial charge on any atom is -0.356 e. The molecule has 17 heavy (non-hydrogen) atoms. The summed E-state index contributed by atoms with van der Waals surface area (Å²) in [7, 11) is 1.85. The van der Waals surface area contributed by atoms with E-state index in [4.69, 9.17) is 0 Å². The topological polar surface area (TPSA) is 58.1 Å². The van der Waals surface area contributed by atoms with Crippen LogP contribution in [0.15, 0.2) is 0 Å². The number of nitrogens with zero attached hydrogens (tertiary/aromatic N) is 3. The fourth-order valence-corrected chi connectivity index (χ4v) is 2.83. The molecule has 0 spiro atoms. The first-order chi connectivity index (χ1) is 8.22. The van der Waals surface area contributed by atoms with Crippen molar-refractivity contribution in [2.45, 2.75) is 37.6 Å². The van der Waals surface area contributed by atoms with Gasteiger partial charge < -0.3 is 10.2 Å². The van der Waals surface area contributed by atoms with Crippen LogP contribution in [0.4, 0.5) is 5.13 Å². The minimum atomic E-state index is 0.235. The molecule has 3 rings (SSSR count). The normalized spacial score (nSPS) is 25.1. The summed E-state index contributed by atoms with van der Waals surface area (Å²) in [6.45, 7) is 0.761. The maximum absolute atomic E-state index is 11.4. The number of carbonyl (C=O) groups excluding carboxylic acids is 1. The van der Waals surface area contributed by atoms with Crippen molar-refractivity contribution >= 4 is 22.6 Å². The second-order valence-electron chi connectivity index (χ2n) is 4.89. The van der Waals surface area contributed by atoms with E-state index in [-0.39, 0.29) is 5.91 Å². The van der Waals surface area contributed by atoms with Crippen molar-refractivity contribution in [1.82, 2.24) is 14.3 Å². The highest BCUT2D eigenvalue weighted by atomic mass is 32.1. The number of carbonyl (C=O) groups is 1. The molecule has 0 aromatic carbocycles. The highest BCUT2D eigenvalue weighted by Gasteiger charge is 2.28. The Labute approximate surface area is 104 Å². The Morgan fingerprint density at radius 1 is 1.41 bits per heavy atom. The summed E-state index contributed by atoms with van der Waals surface area (Å²) in [4.78, 5) is 17.7. The van der Waals surface area contributed by atoms with E-state index >= 15 is 0 Å². The lowest BCUT2D eigenvalue weighted by Crippen LogP contribution is -2.43. The molecule has 0 radical (unpaired) electrons. The first-order valence-electron chi connectivity index (χ1n) is 6.06. The van der Waals surface area contributed by atoms with E-state index in [0.29, 0.717) is 18.4 Å². The van der Waals surface area contributed by atoms with Crippen molar-refractivity contribution in [2.75, 3.05) is 18.9 Å². The molecule has 1 atom stereocenters. The Bertz CT molecular complexity index is 429. The number of rotatable bonds is 3. The summed E-state index contributed by atoms with van der Waals surface area (Å²) < 4.78 is 4.37. The average Bonchev–Trinajstić information content (AvgIpc) is 3.06. The maximum Gasteiger partial charge on any atom is 0.222 e. The number of anilines is 1. The van der Waals surface area contributed by atoms with Crippen LogP contribution in [0.3, 0.4) is 0 Å². The third-order valence-corrected chi connectivity index (χ3v) is 4.00. The minimum absolute atomic E-state index is 0.235. The zero-order valence-electron chi connectivity index (χ0n) is 9.85. The second-order valence-corrected chi connectivity index (χ2v) is 5.64. The van der Waals surface area contributed by atoms with E-state index in [9.17, 15) is 4.79 Å². The lowest BCUT2D eigenvalue weighted by atomic mass is 10.1. The van der Waals surface area contributed by atoms with Crippen molar-refractivity contribution in [1.29, 1.82) is 0 Å². The van der Waals surface area contributed by atoms with Gasteiger partial charge in [-0.05, 0) is 19.3 Å². The molecule has 2 heterocycles. The van der Waals surface area contributed by atoms with Crippen LogP contribution in [0.2, 0.25) is 0 Å². The van der Waals surface area contributed by atoms with Gasteiger partial charge in [-0.25, -0.2) is 4.98 Å². The first-order valence-corrected chi connectivity index (χ1v) is 6.84. The predicted octanol–water partition coefficient (Wildman–Crippen LogP) is 1.45. The molecule has 1 aromatic rings. The fourth-order valence-electron chi connectivity index (χ4n) is 2.11. The van der Waals surface area contributed by atoms with Crippen LogP contribution in [-0.2, 0) is 4.79 Å². The maximum atomic E-state index is 11.4. The van der Waals surface area contributed by atoms with Crippen LogP contribution in [-0.4, -0.2) is 39.8 Å². The van der Waals surface area contributed by atoms with Gasteiger partial charge in [0.2, 0.25) is 11.0 Å². The van der Waals surface area contributed by atoms with Crippen LogP contribution >= 0.6 is 11.5 Å². The van der Waals surface area contributed by atoms with Crippen molar-refractivity contribution in [2.24, 2.45) is 0 Å². The molecule has 1 aliphatic carbocycles. The second kappa shape index (κ2) is 4.25. The Morgan fingerprint density at radius 3 is 2.94 bits per heavy atom. The number of nitrogens with one attached hydrogen (secondary N) is 1. The van der Waals surface area contributed by atoms with E-state index in [2.05, 4.69) is 14.7 Å². The standard InChI is InChI=1S/C11H16N4OS/c1-15-6-8(4-5-9(15)16)12-11-13-10(14-17-11)7-2-3-7/h7-8H,2-6H2,1H3,(H,12,13,14)/t8-/m0/s1. The molecule has 92 valence electrons. The monoisotopic (exact) mass is 252 g/mol. The molecule has 1 saturated carbocycles. The molecule has 1 aliphatic heterocycles. The highest BCUT2D eigenvalue weighted by molar-refractivity contribution is 7.09. The van der Waals surface area contributed by atoms with E-state index in [1.165, 1.54) is 24.4 Å². The van der Waals surface area contributed by atoms with Crippen molar-refractivity contribution < 1.29 is 4.79 Å². The average molecular weight is 252 g/mol. The van der Waals surface area contributed by atoms with Crippen LogP contribution in [0.5, 0.6) is 0 Å². The van der Waals surface area contributed by atoms with Crippen molar-refractivity contribution in [3.05, 3.63) is 5.82 Å². The summed E-state index contributed by atoms with van der Waals surface area (Å²) in [6, 6.07) is 0.317. The molecule has 1 N–H and O–H groups in total. The molecule has 1 aromatic heterocycles. The van der Waals surface area contributed by atoms with Gasteiger partial charge in [-0.3, -0.25) is 4.79 Å². The van der Waals surface area contributed by atoms with Crippen LogP contribution in [0, 0.1) is 0 Å². The SMILES string of the molecule is CN1C[C@@H](Nc2nc(C3CC3)ns2)CCC1=O. The zero-order chi connectivity index (χ0) is 11.8. The number of hydrogen-bond acceptors (Lipinski definition) is 5. The molecule has 1 amide bonds. The van der Waals surface area contributed by atoms with E-state index in [0.717, 1.165) is 23.9 Å². The third kappa shape index (κ3) is 2.41. The van der Waals surface area contributed by atoms with Crippen LogP contribution < -0.4 is 5.32 Å². The number of aromatic nitrogens is 2. The van der Waals surface area contributed by atoms with Gasteiger partial charge in [-0.2, -0.15) is 4.37 Å². The number of likely N-dealkylation sites (N-methyl/N-ethyl adjacent to an activating group) is 1. The fraction of sp³-hybridized carbons (Fsp3) is 0.727. The van der Waals surface area contributed by atoms with Gasteiger partial charge in [0.05, 0.1) is 0 Å². The summed E-state index contributed by atoms with van der Waals surface area (Å²) in [5, 5.41) is 4.29. The zero-order valence-corrected chi connectivity index (χ0v) is 10.7. The molecule has 0 unspecified atom stereocenters. The molecule has 6 heteroatoms.